The highest BCUT2D eigenvalue weighted by atomic mass is 79.9. The molecule has 6 heteroatoms. The molecule has 1 aromatic heterocycles. The molecule has 0 amide bonds. The Morgan fingerprint density at radius 3 is 2.70 bits per heavy atom. The van der Waals surface area contributed by atoms with E-state index in [4.69, 9.17) is 4.74 Å². The first-order valence-corrected chi connectivity index (χ1v) is 9.76. The van der Waals surface area contributed by atoms with Gasteiger partial charge in [-0.3, -0.25) is 0 Å². The van der Waals surface area contributed by atoms with Crippen molar-refractivity contribution in [2.45, 2.75) is 25.8 Å². The van der Waals surface area contributed by atoms with Gasteiger partial charge in [0.1, 0.15) is 11.8 Å². The number of fused-ring (bicyclic) bond motifs is 1. The van der Waals surface area contributed by atoms with Crippen LogP contribution in [0.5, 0.6) is 5.75 Å². The minimum atomic E-state index is 0.394. The average Bonchev–Trinajstić information content (AvgIpc) is 3.53. The summed E-state index contributed by atoms with van der Waals surface area (Å²) >= 11 is 3.48. The van der Waals surface area contributed by atoms with E-state index in [9.17, 15) is 5.26 Å². The monoisotopic (exact) mass is 422 g/mol. The van der Waals surface area contributed by atoms with Crippen molar-refractivity contribution in [2.24, 2.45) is 0 Å². The lowest BCUT2D eigenvalue weighted by molar-refractivity contribution is 0.416. The predicted molar refractivity (Wildman–Crippen MR) is 110 cm³/mol. The van der Waals surface area contributed by atoms with Gasteiger partial charge in [-0.15, -0.1) is 10.2 Å². The summed E-state index contributed by atoms with van der Waals surface area (Å²) in [6, 6.07) is 14.8. The lowest BCUT2D eigenvalue weighted by atomic mass is 10.0. The summed E-state index contributed by atoms with van der Waals surface area (Å²) < 4.78 is 6.50. The van der Waals surface area contributed by atoms with Crippen molar-refractivity contribution in [3.63, 3.8) is 0 Å². The van der Waals surface area contributed by atoms with Gasteiger partial charge in [-0.05, 0) is 55.7 Å². The van der Waals surface area contributed by atoms with Crippen LogP contribution in [-0.4, -0.2) is 29.9 Å². The van der Waals surface area contributed by atoms with Gasteiger partial charge >= 0.3 is 0 Å². The van der Waals surface area contributed by atoms with Gasteiger partial charge in [0, 0.05) is 28.0 Å². The maximum Gasteiger partial charge on any atom is 0.187 e. The molecule has 1 aliphatic carbocycles. The summed E-state index contributed by atoms with van der Waals surface area (Å²) in [5.41, 5.74) is 4.08. The van der Waals surface area contributed by atoms with E-state index in [0.717, 1.165) is 57.3 Å². The molecule has 0 N–H and O–H groups in total. The fraction of sp³-hybridized carbons (Fsp3) is 0.286. The van der Waals surface area contributed by atoms with Crippen LogP contribution in [0.4, 0.5) is 5.69 Å². The van der Waals surface area contributed by atoms with Crippen molar-refractivity contribution in [3.05, 3.63) is 46.6 Å². The number of hydrogen-bond acceptors (Lipinski definition) is 5. The third-order valence-electron chi connectivity index (χ3n) is 4.93. The number of hydrogen-bond donors (Lipinski definition) is 0. The maximum atomic E-state index is 9.55. The van der Waals surface area contributed by atoms with Crippen molar-refractivity contribution in [1.82, 2.24) is 10.2 Å². The number of benzene rings is 2. The summed E-state index contributed by atoms with van der Waals surface area (Å²) in [6.45, 7) is 2.97. The average molecular weight is 423 g/mol. The minimum absolute atomic E-state index is 0.394. The second kappa shape index (κ2) is 7.16. The topological polar surface area (TPSA) is 62.0 Å². The number of nitriles is 1. The van der Waals surface area contributed by atoms with Crippen molar-refractivity contribution >= 4 is 32.5 Å². The summed E-state index contributed by atoms with van der Waals surface area (Å²) in [7, 11) is 1.66. The Balaban J connectivity index is 1.88. The molecule has 0 saturated heterocycles. The number of nitrogens with zero attached hydrogens (tertiary/aromatic N) is 4. The van der Waals surface area contributed by atoms with Crippen molar-refractivity contribution in [2.75, 3.05) is 18.6 Å². The van der Waals surface area contributed by atoms with E-state index in [1.165, 1.54) is 0 Å². The Kier molecular flexibility index (Phi) is 4.71. The second-order valence-corrected chi connectivity index (χ2v) is 7.52. The first kappa shape index (κ1) is 17.7. The highest BCUT2D eigenvalue weighted by Crippen LogP contribution is 2.39. The number of methoxy groups -OCH3 is 1. The first-order valence-electron chi connectivity index (χ1n) is 8.97. The number of ether oxygens (including phenoxy) is 1. The van der Waals surface area contributed by atoms with E-state index >= 15 is 0 Å². The van der Waals surface area contributed by atoms with Crippen LogP contribution < -0.4 is 9.64 Å². The lowest BCUT2D eigenvalue weighted by Gasteiger charge is -2.24. The first-order chi connectivity index (χ1) is 13.2. The molecule has 2 aromatic carbocycles. The van der Waals surface area contributed by atoms with Gasteiger partial charge in [-0.2, -0.15) is 5.26 Å². The smallest absolute Gasteiger partial charge is 0.187 e. The number of halogens is 1. The van der Waals surface area contributed by atoms with Crippen LogP contribution in [0, 0.1) is 11.3 Å². The Labute approximate surface area is 166 Å². The van der Waals surface area contributed by atoms with Gasteiger partial charge in [-0.25, -0.2) is 0 Å². The van der Waals surface area contributed by atoms with E-state index in [2.05, 4.69) is 50.1 Å². The molecule has 0 spiro atoms. The molecule has 3 aromatic rings. The molecular formula is C21H19BrN4O. The van der Waals surface area contributed by atoms with Crippen molar-refractivity contribution < 1.29 is 4.74 Å². The molecule has 0 bridgehead atoms. The normalized spacial score (nSPS) is 13.4. The number of anilines is 1. The third kappa shape index (κ3) is 3.24. The second-order valence-electron chi connectivity index (χ2n) is 6.60. The van der Waals surface area contributed by atoms with Gasteiger partial charge < -0.3 is 9.64 Å². The van der Waals surface area contributed by atoms with Crippen LogP contribution in [0.25, 0.3) is 22.0 Å². The molecule has 4 rings (SSSR count). The largest absolute Gasteiger partial charge is 0.496 e. The fourth-order valence-corrected chi connectivity index (χ4v) is 3.86. The van der Waals surface area contributed by atoms with Crippen LogP contribution in [0.2, 0.25) is 0 Å². The molecule has 0 unspecified atom stereocenters. The minimum Gasteiger partial charge on any atom is -0.496 e. The van der Waals surface area contributed by atoms with Crippen molar-refractivity contribution in [3.8, 4) is 22.9 Å². The zero-order chi connectivity index (χ0) is 19.0. The van der Waals surface area contributed by atoms with Gasteiger partial charge in [0.15, 0.2) is 5.69 Å². The molecule has 27 heavy (non-hydrogen) atoms. The molecule has 1 heterocycles. The van der Waals surface area contributed by atoms with Crippen LogP contribution >= 0.6 is 15.9 Å². The third-order valence-corrected chi connectivity index (χ3v) is 5.42. The molecule has 0 aliphatic heterocycles. The number of rotatable bonds is 5. The molecule has 1 fully saturated rings. The van der Waals surface area contributed by atoms with Crippen LogP contribution in [-0.2, 0) is 0 Å². The summed E-state index contributed by atoms with van der Waals surface area (Å²) in [5, 5.41) is 19.0. The number of aromatic nitrogens is 2. The zero-order valence-corrected chi connectivity index (χ0v) is 16.8. The fourth-order valence-electron chi connectivity index (χ4n) is 3.52. The highest BCUT2D eigenvalue weighted by molar-refractivity contribution is 9.10. The van der Waals surface area contributed by atoms with Gasteiger partial charge in [-0.1, -0.05) is 22.0 Å². The van der Waals surface area contributed by atoms with Crippen LogP contribution in [0.1, 0.15) is 25.5 Å². The SMILES string of the molecule is CCN(c1c(C#N)nnc2cc(-c3ccc(Br)cc3OC)ccc12)C1CC1. The van der Waals surface area contributed by atoms with Gasteiger partial charge in [0.25, 0.3) is 0 Å². The molecule has 1 saturated carbocycles. The standard InChI is InChI=1S/C21H19BrN4O/c1-3-26(15-6-7-15)21-17-8-4-13(10-18(17)24-25-19(21)12-23)16-9-5-14(22)11-20(16)27-2/h4-5,8-11,15H,3,6-7H2,1-2H3. The molecule has 5 nitrogen and oxygen atoms in total. The quantitative estimate of drug-likeness (QED) is 0.583. The van der Waals surface area contributed by atoms with E-state index in [0.29, 0.717) is 11.7 Å². The van der Waals surface area contributed by atoms with Crippen molar-refractivity contribution in [1.29, 1.82) is 5.26 Å². The van der Waals surface area contributed by atoms with Gasteiger partial charge in [0.05, 0.1) is 18.3 Å². The van der Waals surface area contributed by atoms with E-state index < -0.39 is 0 Å². The Bertz CT molecular complexity index is 1060. The Morgan fingerprint density at radius 1 is 1.22 bits per heavy atom. The summed E-state index contributed by atoms with van der Waals surface area (Å²) in [5.74, 6) is 0.790. The predicted octanol–water partition coefficient (Wildman–Crippen LogP) is 4.93. The molecule has 0 atom stereocenters. The van der Waals surface area contributed by atoms with Gasteiger partial charge in [0.2, 0.25) is 0 Å². The molecule has 0 radical (unpaired) electrons. The molecule has 1 aliphatic rings. The highest BCUT2D eigenvalue weighted by Gasteiger charge is 2.31. The zero-order valence-electron chi connectivity index (χ0n) is 15.2. The Morgan fingerprint density at radius 2 is 2.04 bits per heavy atom. The maximum absolute atomic E-state index is 9.55. The van der Waals surface area contributed by atoms with E-state index in [-0.39, 0.29) is 0 Å². The molecular weight excluding hydrogens is 404 g/mol. The Hall–Kier alpha value is -2.65. The molecule has 136 valence electrons. The van der Waals surface area contributed by atoms with E-state index in [1.54, 1.807) is 7.11 Å². The van der Waals surface area contributed by atoms with Crippen LogP contribution in [0.15, 0.2) is 40.9 Å². The lowest BCUT2D eigenvalue weighted by Crippen LogP contribution is -2.26. The van der Waals surface area contributed by atoms with E-state index in [1.807, 2.05) is 30.3 Å². The van der Waals surface area contributed by atoms with Crippen LogP contribution in [0.3, 0.4) is 0 Å². The summed E-state index contributed by atoms with van der Waals surface area (Å²) in [4.78, 5) is 2.29. The summed E-state index contributed by atoms with van der Waals surface area (Å²) in [6.07, 6.45) is 2.33.